The summed E-state index contributed by atoms with van der Waals surface area (Å²) in [6.45, 7) is 0. The molecule has 0 fully saturated rings. The Kier molecular flexibility index (Phi) is 6.12. The largest absolute Gasteiger partial charge is 0.456 e. The predicted molar refractivity (Wildman–Crippen MR) is 215 cm³/mol. The Bertz CT molecular complexity index is 3150. The molecule has 0 N–H and O–H groups in total. The molecule has 238 valence electrons. The molecule has 0 saturated carbocycles. The summed E-state index contributed by atoms with van der Waals surface area (Å²) >= 11 is 1.84. The molecule has 4 heteroatoms. The summed E-state index contributed by atoms with van der Waals surface area (Å²) in [4.78, 5) is 5.49. The molecular formula is C47H28N2OS. The summed E-state index contributed by atoms with van der Waals surface area (Å²) in [5, 5.41) is 7.11. The number of fused-ring (bicyclic) bond motifs is 9. The van der Waals surface area contributed by atoms with Crippen molar-refractivity contribution in [2.45, 2.75) is 0 Å². The number of aromatic nitrogens is 2. The van der Waals surface area contributed by atoms with Crippen LogP contribution in [0, 0.1) is 0 Å². The number of thiophene rings is 1. The van der Waals surface area contributed by atoms with Gasteiger partial charge in [-0.15, -0.1) is 11.3 Å². The lowest BCUT2D eigenvalue weighted by molar-refractivity contribution is 0.669. The van der Waals surface area contributed by atoms with E-state index in [-0.39, 0.29) is 0 Å². The van der Waals surface area contributed by atoms with Crippen molar-refractivity contribution in [2.24, 2.45) is 0 Å². The van der Waals surface area contributed by atoms with E-state index in [0.29, 0.717) is 0 Å². The Labute approximate surface area is 297 Å². The van der Waals surface area contributed by atoms with Crippen LogP contribution < -0.4 is 0 Å². The molecule has 0 amide bonds. The van der Waals surface area contributed by atoms with Crippen LogP contribution >= 0.6 is 11.3 Å². The maximum absolute atomic E-state index is 6.36. The quantitative estimate of drug-likeness (QED) is 0.187. The van der Waals surface area contributed by atoms with E-state index < -0.39 is 0 Å². The molecule has 0 aliphatic heterocycles. The number of hydrogen-bond acceptors (Lipinski definition) is 3. The van der Waals surface area contributed by atoms with Gasteiger partial charge >= 0.3 is 0 Å². The fourth-order valence-electron chi connectivity index (χ4n) is 7.77. The molecule has 0 unspecified atom stereocenters. The van der Waals surface area contributed by atoms with Crippen LogP contribution in [0.15, 0.2) is 174 Å². The van der Waals surface area contributed by atoms with Gasteiger partial charge in [0, 0.05) is 47.3 Å². The number of para-hydroxylation sites is 2. The van der Waals surface area contributed by atoms with Gasteiger partial charge in [0.15, 0.2) is 0 Å². The molecule has 0 bridgehead atoms. The third-order valence-corrected chi connectivity index (χ3v) is 11.3. The number of hydrogen-bond donors (Lipinski definition) is 0. The number of pyridine rings is 1. The van der Waals surface area contributed by atoms with Gasteiger partial charge in [0.2, 0.25) is 0 Å². The van der Waals surface area contributed by atoms with Crippen molar-refractivity contribution in [3.8, 4) is 39.3 Å². The van der Waals surface area contributed by atoms with Crippen molar-refractivity contribution in [2.75, 3.05) is 0 Å². The van der Waals surface area contributed by atoms with Gasteiger partial charge in [-0.05, 0) is 76.9 Å². The summed E-state index contributed by atoms with van der Waals surface area (Å²) in [6.07, 6.45) is 0. The van der Waals surface area contributed by atoms with Crippen molar-refractivity contribution < 1.29 is 4.42 Å². The highest BCUT2D eigenvalue weighted by atomic mass is 32.1. The summed E-state index contributed by atoms with van der Waals surface area (Å²) in [5.41, 5.74) is 10.7. The molecule has 11 aromatic rings. The Balaban J connectivity index is 1.19. The lowest BCUT2D eigenvalue weighted by atomic mass is 9.98. The van der Waals surface area contributed by atoms with E-state index >= 15 is 0 Å². The second kappa shape index (κ2) is 11.0. The standard InChI is InChI=1S/C47H28N2OS/c1-2-11-29(12-3-1)30-13-10-14-31(23-30)33-24-40(32-21-22-37-36-17-6-9-20-45(36)51-46(37)25-32)48-47(26-33)49-41-18-7-4-15-34(41)38-28-44-39(27-42(38)49)35-16-5-8-19-43(35)50-44/h1-28H. The van der Waals surface area contributed by atoms with Gasteiger partial charge in [-0.3, -0.25) is 4.57 Å². The molecule has 0 aliphatic carbocycles. The van der Waals surface area contributed by atoms with Gasteiger partial charge < -0.3 is 4.42 Å². The van der Waals surface area contributed by atoms with E-state index in [2.05, 4.69) is 162 Å². The van der Waals surface area contributed by atoms with Gasteiger partial charge in [0.25, 0.3) is 0 Å². The zero-order chi connectivity index (χ0) is 33.5. The van der Waals surface area contributed by atoms with Gasteiger partial charge in [-0.2, -0.15) is 0 Å². The third kappa shape index (κ3) is 4.47. The van der Waals surface area contributed by atoms with Crippen molar-refractivity contribution in [3.05, 3.63) is 170 Å². The van der Waals surface area contributed by atoms with Crippen LogP contribution in [-0.4, -0.2) is 9.55 Å². The Morgan fingerprint density at radius 1 is 0.392 bits per heavy atom. The van der Waals surface area contributed by atoms with Crippen LogP contribution in [0.4, 0.5) is 0 Å². The average molecular weight is 669 g/mol. The Hall–Kier alpha value is -6.49. The minimum Gasteiger partial charge on any atom is -0.456 e. The van der Waals surface area contributed by atoms with Crippen LogP contribution in [-0.2, 0) is 0 Å². The SMILES string of the molecule is c1ccc(-c2cccc(-c3cc(-c4ccc5c(c4)sc4ccccc45)nc(-n4c5ccccc5c5cc6oc7ccccc7c6cc54)c3)c2)cc1. The van der Waals surface area contributed by atoms with Crippen LogP contribution in [0.2, 0.25) is 0 Å². The lowest BCUT2D eigenvalue weighted by Gasteiger charge is -2.14. The molecule has 0 atom stereocenters. The molecule has 7 aromatic carbocycles. The highest BCUT2D eigenvalue weighted by molar-refractivity contribution is 7.25. The van der Waals surface area contributed by atoms with Crippen LogP contribution in [0.25, 0.3) is 103 Å². The molecular weight excluding hydrogens is 641 g/mol. The van der Waals surface area contributed by atoms with Crippen molar-refractivity contribution in [1.29, 1.82) is 0 Å². The highest BCUT2D eigenvalue weighted by Crippen LogP contribution is 2.41. The van der Waals surface area contributed by atoms with E-state index in [1.54, 1.807) is 0 Å². The summed E-state index contributed by atoms with van der Waals surface area (Å²) in [6, 6.07) is 60.8. The third-order valence-electron chi connectivity index (χ3n) is 10.2. The summed E-state index contributed by atoms with van der Waals surface area (Å²) in [7, 11) is 0. The van der Waals surface area contributed by atoms with E-state index in [4.69, 9.17) is 9.40 Å². The van der Waals surface area contributed by atoms with E-state index in [0.717, 1.165) is 66.6 Å². The van der Waals surface area contributed by atoms with E-state index in [1.807, 2.05) is 23.5 Å². The summed E-state index contributed by atoms with van der Waals surface area (Å²) < 4.78 is 11.3. The van der Waals surface area contributed by atoms with Crippen molar-refractivity contribution in [1.82, 2.24) is 9.55 Å². The number of nitrogens with zero attached hydrogens (tertiary/aromatic N) is 2. The normalized spacial score (nSPS) is 11.9. The zero-order valence-electron chi connectivity index (χ0n) is 27.4. The first kappa shape index (κ1) is 28.4. The molecule has 3 nitrogen and oxygen atoms in total. The van der Waals surface area contributed by atoms with Crippen LogP contribution in [0.5, 0.6) is 0 Å². The molecule has 4 heterocycles. The van der Waals surface area contributed by atoms with Gasteiger partial charge in [0.05, 0.1) is 16.7 Å². The Morgan fingerprint density at radius 2 is 1.12 bits per heavy atom. The minimum atomic E-state index is 0.877. The average Bonchev–Trinajstić information content (AvgIpc) is 3.86. The summed E-state index contributed by atoms with van der Waals surface area (Å²) in [5.74, 6) is 0.877. The van der Waals surface area contributed by atoms with Crippen LogP contribution in [0.1, 0.15) is 0 Å². The molecule has 4 aromatic heterocycles. The molecule has 51 heavy (non-hydrogen) atoms. The lowest BCUT2D eigenvalue weighted by Crippen LogP contribution is -2.00. The first-order chi connectivity index (χ1) is 25.2. The van der Waals surface area contributed by atoms with E-state index in [1.165, 1.54) is 36.7 Å². The van der Waals surface area contributed by atoms with Crippen molar-refractivity contribution in [3.63, 3.8) is 0 Å². The molecule has 0 aliphatic rings. The van der Waals surface area contributed by atoms with Crippen LogP contribution in [0.3, 0.4) is 0 Å². The fraction of sp³-hybridized carbons (Fsp3) is 0. The highest BCUT2D eigenvalue weighted by Gasteiger charge is 2.19. The predicted octanol–water partition coefficient (Wildman–Crippen LogP) is 13.4. The minimum absolute atomic E-state index is 0.877. The maximum Gasteiger partial charge on any atom is 0.138 e. The second-order valence-electron chi connectivity index (χ2n) is 13.2. The van der Waals surface area contributed by atoms with Gasteiger partial charge in [-0.25, -0.2) is 4.98 Å². The Morgan fingerprint density at radius 3 is 2.02 bits per heavy atom. The van der Waals surface area contributed by atoms with Crippen molar-refractivity contribution >= 4 is 75.3 Å². The molecule has 0 saturated heterocycles. The first-order valence-electron chi connectivity index (χ1n) is 17.2. The van der Waals surface area contributed by atoms with E-state index in [9.17, 15) is 0 Å². The monoisotopic (exact) mass is 668 g/mol. The second-order valence-corrected chi connectivity index (χ2v) is 14.3. The first-order valence-corrected chi connectivity index (χ1v) is 18.0. The molecule has 0 spiro atoms. The topological polar surface area (TPSA) is 31.0 Å². The van der Waals surface area contributed by atoms with Gasteiger partial charge in [0.1, 0.15) is 17.0 Å². The fourth-order valence-corrected chi connectivity index (χ4v) is 8.92. The number of rotatable bonds is 4. The molecule has 11 rings (SSSR count). The maximum atomic E-state index is 6.36. The number of furan rings is 1. The molecule has 0 radical (unpaired) electrons. The smallest absolute Gasteiger partial charge is 0.138 e. The zero-order valence-corrected chi connectivity index (χ0v) is 28.2. The number of benzene rings is 7. The van der Waals surface area contributed by atoms with Gasteiger partial charge in [-0.1, -0.05) is 115 Å².